The fraction of sp³-hybridized carbons (Fsp3) is 0.333. The Bertz CT molecular complexity index is 978. The van der Waals surface area contributed by atoms with Crippen LogP contribution in [-0.2, 0) is 0 Å². The number of azide groups is 1. The molecular weight excluding hydrogens is 370 g/mol. The van der Waals surface area contributed by atoms with E-state index in [2.05, 4.69) is 10.0 Å². The molecule has 1 aliphatic rings. The first-order chi connectivity index (χ1) is 12.4. The van der Waals surface area contributed by atoms with Crippen molar-refractivity contribution in [1.29, 1.82) is 0 Å². The van der Waals surface area contributed by atoms with Crippen molar-refractivity contribution in [2.45, 2.75) is 33.1 Å². The molecule has 0 fully saturated rings. The third-order valence-electron chi connectivity index (χ3n) is 4.47. The Morgan fingerprint density at radius 3 is 2.15 bits per heavy atom. The molecule has 0 bridgehead atoms. The van der Waals surface area contributed by atoms with Gasteiger partial charge in [0, 0.05) is 14.7 Å². The number of nitrogens with zero attached hydrogens (tertiary/aromatic N) is 3. The summed E-state index contributed by atoms with van der Waals surface area (Å²) in [4.78, 5) is 29.0. The van der Waals surface area contributed by atoms with Crippen molar-refractivity contribution >= 4 is 45.6 Å². The molecule has 1 N–H and O–H groups in total. The Kier molecular flexibility index (Phi) is 5.27. The van der Waals surface area contributed by atoms with Crippen molar-refractivity contribution < 1.29 is 14.7 Å². The number of carbonyl (C=O) groups excluding carboxylic acids is 1. The number of aryl methyl sites for hydroxylation is 2. The monoisotopic (exact) mass is 387 g/mol. The number of Topliss-reactive ketones (excluding diaryl/α,β-unsaturated/α-hetero) is 1. The summed E-state index contributed by atoms with van der Waals surface area (Å²) in [6.45, 7) is 3.76. The van der Waals surface area contributed by atoms with Gasteiger partial charge in [-0.25, -0.2) is 4.79 Å². The van der Waals surface area contributed by atoms with E-state index < -0.39 is 5.97 Å². The lowest BCUT2D eigenvalue weighted by atomic mass is 9.97. The Balaban J connectivity index is 2.03. The van der Waals surface area contributed by atoms with E-state index in [0.29, 0.717) is 9.75 Å². The summed E-state index contributed by atoms with van der Waals surface area (Å²) in [6.07, 6.45) is 2.83. The summed E-state index contributed by atoms with van der Waals surface area (Å²) in [7, 11) is 0. The van der Waals surface area contributed by atoms with Gasteiger partial charge >= 0.3 is 5.97 Å². The zero-order valence-electron chi connectivity index (χ0n) is 14.4. The minimum Gasteiger partial charge on any atom is -0.477 e. The lowest BCUT2D eigenvalue weighted by Crippen LogP contribution is -1.99. The maximum Gasteiger partial charge on any atom is 0.345 e. The lowest BCUT2D eigenvalue weighted by Gasteiger charge is -2.07. The molecule has 134 valence electrons. The van der Waals surface area contributed by atoms with Gasteiger partial charge in [-0.05, 0) is 73.0 Å². The summed E-state index contributed by atoms with van der Waals surface area (Å²) in [5.41, 5.74) is 12.8. The minimum atomic E-state index is -0.901. The van der Waals surface area contributed by atoms with Crippen molar-refractivity contribution in [2.24, 2.45) is 5.11 Å². The van der Waals surface area contributed by atoms with Crippen LogP contribution in [0.4, 0.5) is 0 Å². The number of hydrogen-bond donors (Lipinski definition) is 1. The van der Waals surface area contributed by atoms with Crippen molar-refractivity contribution in [2.75, 3.05) is 6.54 Å². The van der Waals surface area contributed by atoms with Gasteiger partial charge in [-0.3, -0.25) is 4.79 Å². The van der Waals surface area contributed by atoms with Gasteiger partial charge in [-0.15, -0.1) is 22.7 Å². The predicted molar refractivity (Wildman–Crippen MR) is 104 cm³/mol. The van der Waals surface area contributed by atoms with Gasteiger partial charge in [-0.1, -0.05) is 5.11 Å². The van der Waals surface area contributed by atoms with Gasteiger partial charge in [0.2, 0.25) is 0 Å². The SMILES string of the molecule is Cc1sc(C(=O)O)cc1C1=C(c2cc(C(=O)CN=[N+]=[N-])sc2C)CCC1. The second-order valence-electron chi connectivity index (χ2n) is 6.09. The number of rotatable bonds is 6. The van der Waals surface area contributed by atoms with Crippen LogP contribution >= 0.6 is 22.7 Å². The highest BCUT2D eigenvalue weighted by Gasteiger charge is 2.24. The molecule has 0 saturated heterocycles. The van der Waals surface area contributed by atoms with Gasteiger partial charge in [0.05, 0.1) is 11.4 Å². The van der Waals surface area contributed by atoms with Crippen molar-refractivity contribution in [3.63, 3.8) is 0 Å². The predicted octanol–water partition coefficient (Wildman–Crippen LogP) is 5.71. The number of carbonyl (C=O) groups is 2. The molecule has 1 aliphatic carbocycles. The number of allylic oxidation sites excluding steroid dienone is 2. The summed E-state index contributed by atoms with van der Waals surface area (Å²) in [5, 5.41) is 12.6. The van der Waals surface area contributed by atoms with Gasteiger partial charge in [0.1, 0.15) is 4.88 Å². The van der Waals surface area contributed by atoms with Crippen LogP contribution in [0.3, 0.4) is 0 Å². The topological polar surface area (TPSA) is 103 Å². The van der Waals surface area contributed by atoms with Crippen LogP contribution in [0.15, 0.2) is 17.2 Å². The normalized spacial score (nSPS) is 13.8. The minimum absolute atomic E-state index is 0.173. The molecule has 2 aromatic heterocycles. The smallest absolute Gasteiger partial charge is 0.345 e. The van der Waals surface area contributed by atoms with Crippen LogP contribution in [0.2, 0.25) is 0 Å². The Labute approximate surface area is 158 Å². The van der Waals surface area contributed by atoms with Crippen molar-refractivity contribution in [3.8, 4) is 0 Å². The van der Waals surface area contributed by atoms with E-state index in [1.807, 2.05) is 19.9 Å². The Hall–Kier alpha value is -2.41. The first-order valence-electron chi connectivity index (χ1n) is 8.13. The third-order valence-corrected chi connectivity index (χ3v) is 6.60. The zero-order valence-corrected chi connectivity index (χ0v) is 16.0. The average Bonchev–Trinajstić information content (AvgIpc) is 3.30. The number of hydrogen-bond acceptors (Lipinski definition) is 5. The summed E-state index contributed by atoms with van der Waals surface area (Å²) in [5.74, 6) is -1.08. The van der Waals surface area contributed by atoms with Crippen LogP contribution < -0.4 is 0 Å². The fourth-order valence-corrected chi connectivity index (χ4v) is 5.18. The van der Waals surface area contributed by atoms with Crippen LogP contribution in [0.1, 0.15) is 59.5 Å². The molecule has 0 aliphatic heterocycles. The third kappa shape index (κ3) is 3.44. The van der Waals surface area contributed by atoms with Crippen LogP contribution in [-0.4, -0.2) is 23.4 Å². The molecule has 6 nitrogen and oxygen atoms in total. The van der Waals surface area contributed by atoms with E-state index >= 15 is 0 Å². The van der Waals surface area contributed by atoms with E-state index in [1.54, 1.807) is 6.07 Å². The molecular formula is C18H17N3O3S2. The number of thiophene rings is 2. The van der Waals surface area contributed by atoms with Crippen LogP contribution in [0.5, 0.6) is 0 Å². The van der Waals surface area contributed by atoms with Gasteiger partial charge in [0.15, 0.2) is 5.78 Å². The molecule has 26 heavy (non-hydrogen) atoms. The molecule has 0 unspecified atom stereocenters. The standard InChI is InChI=1S/C18H17N3O3S2/c1-9-13(6-16(25-9)15(22)8-20-21-19)11-4-3-5-12(11)14-7-17(18(23)24)26-10(14)2/h6-7H,3-5,8H2,1-2H3,(H,23,24). The maximum absolute atomic E-state index is 12.1. The van der Waals surface area contributed by atoms with E-state index in [-0.39, 0.29) is 12.3 Å². The van der Waals surface area contributed by atoms with Crippen LogP contribution in [0.25, 0.3) is 21.6 Å². The largest absolute Gasteiger partial charge is 0.477 e. The average molecular weight is 387 g/mol. The first-order valence-corrected chi connectivity index (χ1v) is 9.76. The van der Waals surface area contributed by atoms with Gasteiger partial charge < -0.3 is 5.11 Å². The first kappa shape index (κ1) is 18.4. The summed E-state index contributed by atoms with van der Waals surface area (Å²) >= 11 is 2.71. The Morgan fingerprint density at radius 1 is 1.12 bits per heavy atom. The van der Waals surface area contributed by atoms with E-state index in [4.69, 9.17) is 5.53 Å². The second kappa shape index (κ2) is 7.45. The maximum atomic E-state index is 12.1. The highest BCUT2D eigenvalue weighted by molar-refractivity contribution is 7.14. The molecule has 3 rings (SSSR count). The fourth-order valence-electron chi connectivity index (χ4n) is 3.32. The summed E-state index contributed by atoms with van der Waals surface area (Å²) < 4.78 is 0. The van der Waals surface area contributed by atoms with E-state index in [0.717, 1.165) is 40.1 Å². The highest BCUT2D eigenvalue weighted by Crippen LogP contribution is 2.44. The zero-order chi connectivity index (χ0) is 18.8. The molecule has 0 atom stereocenters. The van der Waals surface area contributed by atoms with Crippen molar-refractivity contribution in [3.05, 3.63) is 53.2 Å². The molecule has 0 aromatic carbocycles. The number of carboxylic acid groups (broad SMARTS) is 1. The second-order valence-corrected chi connectivity index (χ2v) is 8.60. The molecule has 0 amide bonds. The Morgan fingerprint density at radius 2 is 1.65 bits per heavy atom. The molecule has 0 spiro atoms. The lowest BCUT2D eigenvalue weighted by molar-refractivity contribution is 0.0702. The van der Waals surface area contributed by atoms with Crippen LogP contribution in [0, 0.1) is 13.8 Å². The molecule has 0 saturated carbocycles. The number of carboxylic acids is 1. The molecule has 8 heteroatoms. The molecule has 0 radical (unpaired) electrons. The van der Waals surface area contributed by atoms with E-state index in [9.17, 15) is 14.7 Å². The van der Waals surface area contributed by atoms with Crippen molar-refractivity contribution in [1.82, 2.24) is 0 Å². The quantitative estimate of drug-likeness (QED) is 0.297. The van der Waals surface area contributed by atoms with E-state index in [1.165, 1.54) is 33.8 Å². The van der Waals surface area contributed by atoms with Gasteiger partial charge in [0.25, 0.3) is 0 Å². The summed E-state index contributed by atoms with van der Waals surface area (Å²) in [6, 6.07) is 3.65. The number of aromatic carboxylic acids is 1. The molecule has 2 aromatic rings. The van der Waals surface area contributed by atoms with Gasteiger partial charge in [-0.2, -0.15) is 0 Å². The number of ketones is 1. The highest BCUT2D eigenvalue weighted by atomic mass is 32.1. The molecule has 2 heterocycles.